The molecule has 0 bridgehead atoms. The molecule has 0 aliphatic heterocycles. The Balaban J connectivity index is 1.88. The highest BCUT2D eigenvalue weighted by atomic mass is 19.1. The Morgan fingerprint density at radius 3 is 2.59 bits per heavy atom. The van der Waals surface area contributed by atoms with E-state index in [-0.39, 0.29) is 23.0 Å². The number of hydrogen-bond donors (Lipinski definition) is 3. The molecular formula is C26H28F2N4O2. The lowest BCUT2D eigenvalue weighted by atomic mass is 9.84. The fourth-order valence-electron chi connectivity index (χ4n) is 3.99. The van der Waals surface area contributed by atoms with Crippen LogP contribution in [0.5, 0.6) is 0 Å². The van der Waals surface area contributed by atoms with Gasteiger partial charge in [-0.3, -0.25) is 4.79 Å². The third-order valence-corrected chi connectivity index (χ3v) is 6.15. The van der Waals surface area contributed by atoms with Crippen molar-refractivity contribution in [3.05, 3.63) is 53.2 Å². The highest BCUT2D eigenvalue weighted by Crippen LogP contribution is 2.29. The number of carboxylic acids is 1. The van der Waals surface area contributed by atoms with Gasteiger partial charge in [0.2, 0.25) is 0 Å². The Labute approximate surface area is 196 Å². The number of halogens is 2. The summed E-state index contributed by atoms with van der Waals surface area (Å²) in [6.45, 7) is 7.36. The lowest BCUT2D eigenvalue weighted by molar-refractivity contribution is -0.137. The van der Waals surface area contributed by atoms with E-state index in [4.69, 9.17) is 4.98 Å². The molecule has 3 atom stereocenters. The molecule has 2 heterocycles. The van der Waals surface area contributed by atoms with Crippen LogP contribution in [0.1, 0.15) is 34.1 Å². The number of carboxylic acid groups (broad SMARTS) is 1. The quantitative estimate of drug-likeness (QED) is 0.504. The van der Waals surface area contributed by atoms with Gasteiger partial charge in [-0.05, 0) is 11.5 Å². The number of nitrogens with one attached hydrogen (secondary N) is 2. The van der Waals surface area contributed by atoms with Crippen LogP contribution in [0.4, 0.5) is 14.6 Å². The Bertz CT molecular complexity index is 1330. The molecule has 0 saturated carbocycles. The van der Waals surface area contributed by atoms with Gasteiger partial charge in [0.15, 0.2) is 5.82 Å². The molecule has 6 nitrogen and oxygen atoms in total. The maximum absolute atomic E-state index is 14.7. The van der Waals surface area contributed by atoms with E-state index in [1.807, 2.05) is 51.1 Å². The second kappa shape index (κ2) is 9.00. The van der Waals surface area contributed by atoms with E-state index in [9.17, 15) is 18.7 Å². The number of aromatic amines is 1. The molecule has 0 radical (unpaired) electrons. The lowest BCUT2D eigenvalue weighted by Crippen LogP contribution is -2.36. The van der Waals surface area contributed by atoms with E-state index in [1.54, 1.807) is 12.3 Å². The number of fused-ring (bicyclic) bond motifs is 1. The van der Waals surface area contributed by atoms with Gasteiger partial charge in [0.1, 0.15) is 17.8 Å². The molecular weight excluding hydrogens is 438 g/mol. The summed E-state index contributed by atoms with van der Waals surface area (Å²) in [6.07, 6.45) is 1.41. The lowest BCUT2D eigenvalue weighted by Gasteiger charge is -2.31. The summed E-state index contributed by atoms with van der Waals surface area (Å²) in [5, 5.41) is 13.3. The summed E-state index contributed by atoms with van der Waals surface area (Å²) in [4.78, 5) is 23.7. The van der Waals surface area contributed by atoms with Crippen LogP contribution in [0.15, 0.2) is 42.6 Å². The van der Waals surface area contributed by atoms with Crippen molar-refractivity contribution in [1.29, 1.82) is 0 Å². The molecule has 1 aliphatic rings. The van der Waals surface area contributed by atoms with Gasteiger partial charge in [0, 0.05) is 40.6 Å². The van der Waals surface area contributed by atoms with Gasteiger partial charge in [0.05, 0.1) is 17.5 Å². The van der Waals surface area contributed by atoms with Crippen LogP contribution in [-0.2, 0) is 4.79 Å². The molecule has 2 aromatic heterocycles. The van der Waals surface area contributed by atoms with Crippen molar-refractivity contribution >= 4 is 23.7 Å². The number of benzene rings is 1. The zero-order valence-corrected chi connectivity index (χ0v) is 19.6. The van der Waals surface area contributed by atoms with Gasteiger partial charge in [-0.1, -0.05) is 58.0 Å². The number of anilines is 1. The summed E-state index contributed by atoms with van der Waals surface area (Å²) in [7, 11) is 0. The zero-order chi connectivity index (χ0) is 24.6. The van der Waals surface area contributed by atoms with Crippen molar-refractivity contribution in [2.24, 2.45) is 11.3 Å². The van der Waals surface area contributed by atoms with Crippen molar-refractivity contribution in [2.75, 3.05) is 5.32 Å². The predicted molar refractivity (Wildman–Crippen MR) is 129 cm³/mol. The Morgan fingerprint density at radius 1 is 1.24 bits per heavy atom. The first-order valence-electron chi connectivity index (χ1n) is 11.2. The normalized spacial score (nSPS) is 18.7. The van der Waals surface area contributed by atoms with Crippen LogP contribution in [0, 0.1) is 11.3 Å². The molecule has 1 aromatic carbocycles. The van der Waals surface area contributed by atoms with Crippen molar-refractivity contribution in [3.63, 3.8) is 0 Å². The monoisotopic (exact) mass is 466 g/mol. The van der Waals surface area contributed by atoms with E-state index in [1.165, 1.54) is 13.0 Å². The standard InChI is InChI=1S/C26H28F2N4O2/c1-14-18(27)10-16-17(13-29-24(16)23(14)28)25-30-19(15-8-6-5-7-9-15)11-21(32-25)31-20(12-22(33)34)26(2,3)4/h5-11,13-14,18,20,29H,12H2,1-4H3,(H,33,34)(H,30,31,32)/t14?,18?,20-/m1/s1. The SMILES string of the molecule is CC1C(F)=c2[nH]cc(-c3nc(N[C@H](CC(=O)O)C(C)(C)C)cc(-c4ccccc4)n3)c2=CC1F. The average molecular weight is 467 g/mol. The first kappa shape index (κ1) is 23.6. The maximum atomic E-state index is 14.7. The number of carbonyl (C=O) groups is 1. The largest absolute Gasteiger partial charge is 0.481 e. The summed E-state index contributed by atoms with van der Waals surface area (Å²) >= 11 is 0. The summed E-state index contributed by atoms with van der Waals surface area (Å²) in [5.74, 6) is -1.60. The van der Waals surface area contributed by atoms with Crippen molar-refractivity contribution in [3.8, 4) is 22.6 Å². The minimum atomic E-state index is -1.46. The zero-order valence-electron chi connectivity index (χ0n) is 19.6. The second-order valence-electron chi connectivity index (χ2n) is 9.73. The molecule has 178 valence electrons. The summed E-state index contributed by atoms with van der Waals surface area (Å²) < 4.78 is 29.2. The van der Waals surface area contributed by atoms with Crippen LogP contribution in [0.25, 0.3) is 34.5 Å². The minimum absolute atomic E-state index is 0.0988. The minimum Gasteiger partial charge on any atom is -0.481 e. The van der Waals surface area contributed by atoms with Crippen LogP contribution < -0.4 is 15.9 Å². The maximum Gasteiger partial charge on any atom is 0.305 e. The summed E-state index contributed by atoms with van der Waals surface area (Å²) in [6, 6.07) is 10.8. The number of H-pyrrole nitrogens is 1. The third-order valence-electron chi connectivity index (χ3n) is 6.15. The molecule has 3 aromatic rings. The number of nitrogens with zero attached hydrogens (tertiary/aromatic N) is 2. The number of aliphatic carboxylic acids is 1. The average Bonchev–Trinajstić information content (AvgIpc) is 3.20. The van der Waals surface area contributed by atoms with Crippen LogP contribution in [0.2, 0.25) is 0 Å². The molecule has 1 aliphatic carbocycles. The molecule has 8 heteroatoms. The number of alkyl halides is 1. The molecule has 0 spiro atoms. The first-order valence-corrected chi connectivity index (χ1v) is 11.2. The third kappa shape index (κ3) is 4.71. The smallest absolute Gasteiger partial charge is 0.305 e. The van der Waals surface area contributed by atoms with Crippen LogP contribution in [0.3, 0.4) is 0 Å². The Kier molecular flexibility index (Phi) is 6.25. The van der Waals surface area contributed by atoms with E-state index >= 15 is 0 Å². The highest BCUT2D eigenvalue weighted by molar-refractivity contribution is 5.71. The van der Waals surface area contributed by atoms with Gasteiger partial charge in [-0.25, -0.2) is 18.7 Å². The molecule has 3 N–H and O–H groups in total. The summed E-state index contributed by atoms with van der Waals surface area (Å²) in [5.41, 5.74) is 1.55. The van der Waals surface area contributed by atoms with Crippen molar-refractivity contribution < 1.29 is 18.7 Å². The fraction of sp³-hybridized carbons (Fsp3) is 0.346. The van der Waals surface area contributed by atoms with E-state index in [0.29, 0.717) is 22.3 Å². The second-order valence-corrected chi connectivity index (χ2v) is 9.73. The Morgan fingerprint density at radius 2 is 1.94 bits per heavy atom. The van der Waals surface area contributed by atoms with E-state index in [0.717, 1.165) is 5.56 Å². The van der Waals surface area contributed by atoms with Gasteiger partial charge >= 0.3 is 5.97 Å². The number of aromatic nitrogens is 3. The fourth-order valence-corrected chi connectivity index (χ4v) is 3.99. The first-order chi connectivity index (χ1) is 16.0. The predicted octanol–water partition coefficient (Wildman–Crippen LogP) is 4.29. The van der Waals surface area contributed by atoms with E-state index in [2.05, 4.69) is 15.3 Å². The van der Waals surface area contributed by atoms with Gasteiger partial charge in [0.25, 0.3) is 0 Å². The molecule has 2 unspecified atom stereocenters. The topological polar surface area (TPSA) is 90.9 Å². The van der Waals surface area contributed by atoms with Crippen LogP contribution >= 0.6 is 0 Å². The molecule has 4 rings (SSSR count). The van der Waals surface area contributed by atoms with Gasteiger partial charge in [-0.15, -0.1) is 0 Å². The molecule has 0 amide bonds. The highest BCUT2D eigenvalue weighted by Gasteiger charge is 2.29. The van der Waals surface area contributed by atoms with Crippen LogP contribution in [-0.4, -0.2) is 38.2 Å². The van der Waals surface area contributed by atoms with Gasteiger partial charge < -0.3 is 15.4 Å². The Hall–Kier alpha value is -3.55. The molecule has 0 saturated heterocycles. The molecule has 0 fully saturated rings. The number of hydrogen-bond acceptors (Lipinski definition) is 4. The molecule has 34 heavy (non-hydrogen) atoms. The van der Waals surface area contributed by atoms with Gasteiger partial charge in [-0.2, -0.15) is 0 Å². The number of rotatable bonds is 6. The van der Waals surface area contributed by atoms with Crippen molar-refractivity contribution in [1.82, 2.24) is 15.0 Å². The van der Waals surface area contributed by atoms with Crippen molar-refractivity contribution in [2.45, 2.75) is 46.3 Å². The van der Waals surface area contributed by atoms with E-state index < -0.39 is 29.9 Å².